The average Bonchev–Trinajstić information content (AvgIpc) is 3.20. The largest absolute Gasteiger partial charge is 0.390 e. The summed E-state index contributed by atoms with van der Waals surface area (Å²) in [6, 6.07) is 8.05. The van der Waals surface area contributed by atoms with Crippen molar-refractivity contribution in [2.75, 3.05) is 6.54 Å². The van der Waals surface area contributed by atoms with Gasteiger partial charge in [0.25, 0.3) is 5.91 Å². The number of hydrogen-bond donors (Lipinski definition) is 1. The Labute approximate surface area is 211 Å². The highest BCUT2D eigenvalue weighted by atomic mass is 16.3. The van der Waals surface area contributed by atoms with E-state index in [0.29, 0.717) is 16.9 Å². The van der Waals surface area contributed by atoms with Gasteiger partial charge in [0.05, 0.1) is 17.2 Å². The van der Waals surface area contributed by atoms with Crippen molar-refractivity contribution in [1.82, 2.24) is 4.90 Å². The van der Waals surface area contributed by atoms with Gasteiger partial charge >= 0.3 is 0 Å². The van der Waals surface area contributed by atoms with Crippen LogP contribution < -0.4 is 0 Å². The molecular weight excluding hydrogens is 432 g/mol. The highest BCUT2D eigenvalue weighted by Gasteiger charge is 2.59. The molecule has 6 rings (SSSR count). The maximum Gasteiger partial charge on any atom is 0.254 e. The molecule has 1 aromatic carbocycles. The summed E-state index contributed by atoms with van der Waals surface area (Å²) in [5.74, 6) is 4.79. The second kappa shape index (κ2) is 8.34. The molecule has 4 saturated carbocycles. The first-order chi connectivity index (χ1) is 16.7. The van der Waals surface area contributed by atoms with E-state index >= 15 is 0 Å². The molecule has 1 heterocycles. The summed E-state index contributed by atoms with van der Waals surface area (Å²) in [5.41, 5.74) is 2.38. The molecule has 0 radical (unpaired) electrons. The topological polar surface area (TPSA) is 64.3 Å². The first-order valence-corrected chi connectivity index (χ1v) is 14.3. The molecule has 0 aromatic heterocycles. The van der Waals surface area contributed by atoms with Crippen molar-refractivity contribution in [3.63, 3.8) is 0 Å². The first-order valence-electron chi connectivity index (χ1n) is 14.3. The summed E-state index contributed by atoms with van der Waals surface area (Å²) in [6.07, 6.45) is 11.9. The van der Waals surface area contributed by atoms with Crippen LogP contribution in [0.5, 0.6) is 0 Å². The van der Waals surface area contributed by atoms with Crippen LogP contribution >= 0.6 is 0 Å². The minimum absolute atomic E-state index is 0.166. The van der Waals surface area contributed by atoms with Gasteiger partial charge in [0.2, 0.25) is 0 Å². The summed E-state index contributed by atoms with van der Waals surface area (Å²) in [4.78, 5) is 15.7. The third-order valence-electron chi connectivity index (χ3n) is 11.7. The van der Waals surface area contributed by atoms with Crippen molar-refractivity contribution in [2.24, 2.45) is 40.9 Å². The lowest BCUT2D eigenvalue weighted by Crippen LogP contribution is -2.54. The molecule has 0 bridgehead atoms. The zero-order valence-electron chi connectivity index (χ0n) is 21.8. The number of carbonyl (C=O) groups is 1. The van der Waals surface area contributed by atoms with Gasteiger partial charge in [0.1, 0.15) is 0 Å². The Bertz CT molecular complexity index is 1060. The predicted molar refractivity (Wildman–Crippen MR) is 137 cm³/mol. The lowest BCUT2D eigenvalue weighted by Gasteiger charge is -2.57. The highest BCUT2D eigenvalue weighted by molar-refractivity contribution is 5.97. The van der Waals surface area contributed by atoms with Crippen LogP contribution in [0.4, 0.5) is 0 Å². The van der Waals surface area contributed by atoms with E-state index in [-0.39, 0.29) is 11.9 Å². The van der Waals surface area contributed by atoms with Gasteiger partial charge in [0.15, 0.2) is 0 Å². The molecule has 1 amide bonds. The van der Waals surface area contributed by atoms with E-state index in [2.05, 4.69) is 31.7 Å². The van der Waals surface area contributed by atoms with E-state index in [9.17, 15) is 15.2 Å². The maximum absolute atomic E-state index is 13.5. The molecule has 5 aliphatic rings. The van der Waals surface area contributed by atoms with Gasteiger partial charge in [-0.1, -0.05) is 6.92 Å². The van der Waals surface area contributed by atoms with Crippen molar-refractivity contribution < 1.29 is 9.90 Å². The molecule has 4 nitrogen and oxygen atoms in total. The predicted octanol–water partition coefficient (Wildman–Crippen LogP) is 5.96. The lowest BCUT2D eigenvalue weighted by atomic mass is 9.48. The Morgan fingerprint density at radius 3 is 2.66 bits per heavy atom. The second-order valence-electron chi connectivity index (χ2n) is 13.4. The Morgan fingerprint density at radius 1 is 1.06 bits per heavy atom. The number of fused-ring (bicyclic) bond motifs is 6. The molecule has 9 atom stereocenters. The van der Waals surface area contributed by atoms with Gasteiger partial charge in [0, 0.05) is 18.2 Å². The molecule has 35 heavy (non-hydrogen) atoms. The van der Waals surface area contributed by atoms with Crippen LogP contribution in [-0.4, -0.2) is 34.1 Å². The van der Waals surface area contributed by atoms with Crippen LogP contribution in [0.3, 0.4) is 0 Å². The number of nitriles is 1. The van der Waals surface area contributed by atoms with Crippen LogP contribution in [0, 0.1) is 52.3 Å². The fraction of sp³-hybridized carbons (Fsp3) is 0.742. The Morgan fingerprint density at radius 2 is 1.86 bits per heavy atom. The van der Waals surface area contributed by atoms with Crippen molar-refractivity contribution in [3.8, 4) is 6.07 Å². The zero-order chi connectivity index (χ0) is 24.5. The van der Waals surface area contributed by atoms with Crippen molar-refractivity contribution >= 4 is 5.91 Å². The third kappa shape index (κ3) is 3.67. The number of amides is 1. The number of carbonyl (C=O) groups excluding carboxylic acids is 1. The minimum atomic E-state index is -0.444. The Kier molecular flexibility index (Phi) is 5.61. The van der Waals surface area contributed by atoms with E-state index in [1.165, 1.54) is 44.9 Å². The second-order valence-corrected chi connectivity index (χ2v) is 13.4. The molecule has 0 saturated heterocycles. The molecule has 4 fully saturated rings. The zero-order valence-corrected chi connectivity index (χ0v) is 21.8. The summed E-state index contributed by atoms with van der Waals surface area (Å²) < 4.78 is 0. The lowest BCUT2D eigenvalue weighted by molar-refractivity contribution is -0.103. The van der Waals surface area contributed by atoms with E-state index in [1.807, 2.05) is 12.1 Å². The molecular formula is C31H42N2O2. The maximum atomic E-state index is 13.5. The Balaban J connectivity index is 1.20. The van der Waals surface area contributed by atoms with Gasteiger partial charge in [-0.25, -0.2) is 0 Å². The first kappa shape index (κ1) is 23.5. The van der Waals surface area contributed by atoms with E-state index in [1.54, 1.807) is 6.07 Å². The van der Waals surface area contributed by atoms with Crippen LogP contribution in [-0.2, 0) is 6.42 Å². The number of benzene rings is 1. The number of nitrogens with zero attached hydrogens (tertiary/aromatic N) is 2. The third-order valence-corrected chi connectivity index (χ3v) is 11.7. The molecule has 1 aromatic rings. The van der Waals surface area contributed by atoms with Crippen molar-refractivity contribution in [1.29, 1.82) is 5.26 Å². The quantitative estimate of drug-likeness (QED) is 0.575. The minimum Gasteiger partial charge on any atom is -0.390 e. The molecule has 0 spiro atoms. The van der Waals surface area contributed by atoms with Gasteiger partial charge in [-0.3, -0.25) is 4.79 Å². The van der Waals surface area contributed by atoms with Crippen LogP contribution in [0.2, 0.25) is 0 Å². The summed E-state index contributed by atoms with van der Waals surface area (Å²) in [5, 5.41) is 19.9. The average molecular weight is 475 g/mol. The van der Waals surface area contributed by atoms with Gasteiger partial charge in [-0.2, -0.15) is 5.26 Å². The highest BCUT2D eigenvalue weighted by Crippen LogP contribution is 2.65. The SMILES string of the molecule is CC([C@H]1CC[C@H]2[C@@H]3CC[C@@H]4C[C@](C)(O)CC[C@@H]4[C@H]3CC[C@]12C)N1CCc2cc(C#N)ccc2C1=O. The molecule has 4 heteroatoms. The standard InChI is InChI=1S/C31H42N2O2/c1-19(33-15-12-21-16-20(18-32)4-6-24(21)29(33)34)27-8-9-28-26-7-5-22-17-30(2,35)13-10-23(22)25(26)11-14-31(27,28)3/h4,6,16,19,22-23,25-28,35H,5,7-15,17H2,1-3H3/t19?,22-,23+,25-,26-,27-,28+,30-,31-/m1/s1. The fourth-order valence-corrected chi connectivity index (χ4v) is 10.1. The smallest absolute Gasteiger partial charge is 0.254 e. The number of rotatable bonds is 2. The summed E-state index contributed by atoms with van der Waals surface area (Å²) in [6.45, 7) is 7.71. The normalized spacial score (nSPS) is 43.4. The van der Waals surface area contributed by atoms with Gasteiger partial charge in [-0.05, 0) is 143 Å². The van der Waals surface area contributed by atoms with Crippen LogP contribution in [0.15, 0.2) is 18.2 Å². The van der Waals surface area contributed by atoms with E-state index < -0.39 is 5.60 Å². The molecule has 4 aliphatic carbocycles. The van der Waals surface area contributed by atoms with Gasteiger partial charge < -0.3 is 10.0 Å². The number of hydrogen-bond acceptors (Lipinski definition) is 3. The molecule has 1 N–H and O–H groups in total. The Hall–Kier alpha value is -1.86. The monoisotopic (exact) mass is 474 g/mol. The summed E-state index contributed by atoms with van der Waals surface area (Å²) >= 11 is 0. The van der Waals surface area contributed by atoms with E-state index in [4.69, 9.17) is 0 Å². The summed E-state index contributed by atoms with van der Waals surface area (Å²) in [7, 11) is 0. The van der Waals surface area contributed by atoms with Crippen molar-refractivity contribution in [2.45, 2.75) is 96.6 Å². The number of aliphatic hydroxyl groups is 1. The van der Waals surface area contributed by atoms with Gasteiger partial charge in [-0.15, -0.1) is 0 Å². The van der Waals surface area contributed by atoms with Crippen LogP contribution in [0.25, 0.3) is 0 Å². The fourth-order valence-electron chi connectivity index (χ4n) is 10.1. The molecule has 1 aliphatic heterocycles. The molecule has 188 valence electrons. The molecule has 1 unspecified atom stereocenters. The van der Waals surface area contributed by atoms with Crippen molar-refractivity contribution in [3.05, 3.63) is 34.9 Å². The van der Waals surface area contributed by atoms with Crippen LogP contribution in [0.1, 0.15) is 100 Å². The van der Waals surface area contributed by atoms with E-state index in [0.717, 1.165) is 66.5 Å².